The van der Waals surface area contributed by atoms with Gasteiger partial charge in [0.1, 0.15) is 22.9 Å². The fourth-order valence-corrected chi connectivity index (χ4v) is 4.64. The molecule has 4 aromatic rings. The van der Waals surface area contributed by atoms with Gasteiger partial charge in [-0.2, -0.15) is 0 Å². The van der Waals surface area contributed by atoms with E-state index in [1.807, 2.05) is 31.4 Å². The number of halogens is 2. The third kappa shape index (κ3) is 4.53. The monoisotopic (exact) mass is 479 g/mol. The summed E-state index contributed by atoms with van der Waals surface area (Å²) < 4.78 is 31.5. The number of aliphatic hydroxyl groups excluding tert-OH is 1. The number of aryl methyl sites for hydroxylation is 1. The molecule has 1 aromatic carbocycles. The van der Waals surface area contributed by atoms with Crippen LogP contribution in [0.5, 0.6) is 0 Å². The number of hydrogen-bond acceptors (Lipinski definition) is 7. The molecule has 3 aromatic heterocycles. The topological polar surface area (TPSA) is 92.0 Å². The van der Waals surface area contributed by atoms with E-state index in [1.165, 1.54) is 6.07 Å². The van der Waals surface area contributed by atoms with Crippen LogP contribution in [0.15, 0.2) is 36.7 Å². The Balaban J connectivity index is 1.43. The van der Waals surface area contributed by atoms with Gasteiger partial charge in [0.15, 0.2) is 11.6 Å². The summed E-state index contributed by atoms with van der Waals surface area (Å²) in [7, 11) is 0. The van der Waals surface area contributed by atoms with Crippen LogP contribution >= 0.6 is 0 Å². The van der Waals surface area contributed by atoms with Gasteiger partial charge < -0.3 is 19.9 Å². The second kappa shape index (κ2) is 9.18. The minimum Gasteiger partial charge on any atom is -0.391 e. The van der Waals surface area contributed by atoms with E-state index in [2.05, 4.69) is 30.2 Å². The number of nitrogens with zero attached hydrogens (tertiary/aromatic N) is 6. The van der Waals surface area contributed by atoms with Crippen LogP contribution in [0.1, 0.15) is 38.6 Å². The lowest BCUT2D eigenvalue weighted by Gasteiger charge is -2.31. The van der Waals surface area contributed by atoms with Crippen molar-refractivity contribution in [2.75, 3.05) is 23.3 Å². The maximum absolute atomic E-state index is 14.9. The predicted molar refractivity (Wildman–Crippen MR) is 131 cm³/mol. The van der Waals surface area contributed by atoms with E-state index < -0.39 is 11.6 Å². The van der Waals surface area contributed by atoms with Gasteiger partial charge in [-0.25, -0.2) is 28.7 Å². The highest BCUT2D eigenvalue weighted by atomic mass is 19.1. The van der Waals surface area contributed by atoms with Crippen LogP contribution in [0.25, 0.3) is 22.3 Å². The molecular weight excluding hydrogens is 452 g/mol. The Kier molecular flexibility index (Phi) is 6.06. The fourth-order valence-electron chi connectivity index (χ4n) is 4.64. The lowest BCUT2D eigenvalue weighted by atomic mass is 10.1. The van der Waals surface area contributed by atoms with Crippen LogP contribution in [-0.4, -0.2) is 48.8 Å². The first-order valence-electron chi connectivity index (χ1n) is 11.7. The maximum atomic E-state index is 14.9. The number of β-amino-alcohol motifs (C(OH)–C–C–N with tert-alkyl or cyclic N) is 1. The van der Waals surface area contributed by atoms with Gasteiger partial charge in [0, 0.05) is 24.7 Å². The molecule has 0 aliphatic carbocycles. The van der Waals surface area contributed by atoms with Gasteiger partial charge in [0.05, 0.1) is 29.7 Å². The highest BCUT2D eigenvalue weighted by Crippen LogP contribution is 2.30. The number of rotatable bonds is 5. The van der Waals surface area contributed by atoms with Gasteiger partial charge in [-0.3, -0.25) is 0 Å². The molecule has 1 aliphatic heterocycles. The van der Waals surface area contributed by atoms with E-state index >= 15 is 0 Å². The second-order valence-corrected chi connectivity index (χ2v) is 9.11. The van der Waals surface area contributed by atoms with Crippen LogP contribution in [-0.2, 0) is 0 Å². The van der Waals surface area contributed by atoms with Crippen molar-refractivity contribution in [3.63, 3.8) is 0 Å². The largest absolute Gasteiger partial charge is 0.391 e. The van der Waals surface area contributed by atoms with Gasteiger partial charge in [-0.1, -0.05) is 0 Å². The SMILES string of the molecule is Cc1nc2c(F)cc(-c3nc(Nc4ccc(N5CCC[C@H](O)C5)cn4)ncc3F)cc2n1C(C)C. The number of aromatic nitrogens is 5. The van der Waals surface area contributed by atoms with Crippen molar-refractivity contribution in [3.8, 4) is 11.3 Å². The number of benzene rings is 1. The minimum atomic E-state index is -0.659. The summed E-state index contributed by atoms with van der Waals surface area (Å²) in [5.41, 5.74) is 2.03. The van der Waals surface area contributed by atoms with Gasteiger partial charge in [-0.15, -0.1) is 0 Å². The zero-order chi connectivity index (χ0) is 24.7. The van der Waals surface area contributed by atoms with E-state index in [-0.39, 0.29) is 29.3 Å². The number of anilines is 3. The number of piperidine rings is 1. The lowest BCUT2D eigenvalue weighted by Crippen LogP contribution is -2.38. The third-order valence-electron chi connectivity index (χ3n) is 6.21. The number of aliphatic hydroxyl groups is 1. The van der Waals surface area contributed by atoms with Crippen molar-refractivity contribution >= 4 is 28.5 Å². The first-order chi connectivity index (χ1) is 16.8. The standard InChI is InChI=1S/C25H27F2N7O/c1-14(2)34-15(3)30-24-19(26)9-16(10-21(24)34)23-20(27)12-29-25(32-23)31-22-7-6-17(11-28-22)33-8-4-5-18(35)13-33/h6-7,9-12,14,18,35H,4-5,8,13H2,1-3H3,(H,28,29,31,32)/t18-/m0/s1. The molecule has 5 rings (SSSR count). The Labute approximate surface area is 201 Å². The molecule has 0 bridgehead atoms. The molecular formula is C25H27F2N7O. The van der Waals surface area contributed by atoms with Crippen LogP contribution in [0.3, 0.4) is 0 Å². The second-order valence-electron chi connectivity index (χ2n) is 9.11. The molecule has 182 valence electrons. The molecule has 1 fully saturated rings. The van der Waals surface area contributed by atoms with E-state index in [0.717, 1.165) is 31.3 Å². The van der Waals surface area contributed by atoms with Crippen LogP contribution in [0.4, 0.5) is 26.2 Å². The third-order valence-corrected chi connectivity index (χ3v) is 6.21. The van der Waals surface area contributed by atoms with Crippen LogP contribution < -0.4 is 10.2 Å². The molecule has 0 saturated carbocycles. The van der Waals surface area contributed by atoms with Gasteiger partial charge in [-0.05, 0) is 57.9 Å². The molecule has 4 heterocycles. The normalized spacial score (nSPS) is 16.3. The zero-order valence-electron chi connectivity index (χ0n) is 19.8. The Morgan fingerprint density at radius 1 is 1.09 bits per heavy atom. The van der Waals surface area contributed by atoms with Crippen LogP contribution in [0.2, 0.25) is 0 Å². The summed E-state index contributed by atoms with van der Waals surface area (Å²) in [5, 5.41) is 12.9. The summed E-state index contributed by atoms with van der Waals surface area (Å²) in [5.74, 6) is 0.120. The van der Waals surface area contributed by atoms with E-state index in [1.54, 1.807) is 18.3 Å². The minimum absolute atomic E-state index is 0.0172. The smallest absolute Gasteiger partial charge is 0.229 e. The molecule has 8 nitrogen and oxygen atoms in total. The lowest BCUT2D eigenvalue weighted by molar-refractivity contribution is 0.154. The first-order valence-corrected chi connectivity index (χ1v) is 11.7. The molecule has 0 amide bonds. The summed E-state index contributed by atoms with van der Waals surface area (Å²) in [4.78, 5) is 19.2. The van der Waals surface area contributed by atoms with Crippen molar-refractivity contribution in [1.29, 1.82) is 0 Å². The Morgan fingerprint density at radius 3 is 2.63 bits per heavy atom. The first kappa shape index (κ1) is 23.1. The van der Waals surface area contributed by atoms with Crippen molar-refractivity contribution in [1.82, 2.24) is 24.5 Å². The molecule has 1 atom stereocenters. The molecule has 1 aliphatic rings. The Morgan fingerprint density at radius 2 is 1.91 bits per heavy atom. The van der Waals surface area contributed by atoms with Crippen molar-refractivity contribution in [2.45, 2.75) is 45.8 Å². The summed E-state index contributed by atoms with van der Waals surface area (Å²) in [6.45, 7) is 7.23. The molecule has 0 unspecified atom stereocenters. The van der Waals surface area contributed by atoms with Crippen molar-refractivity contribution < 1.29 is 13.9 Å². The van der Waals surface area contributed by atoms with Crippen molar-refractivity contribution in [3.05, 3.63) is 54.1 Å². The van der Waals surface area contributed by atoms with Crippen molar-refractivity contribution in [2.24, 2.45) is 0 Å². The summed E-state index contributed by atoms with van der Waals surface area (Å²) in [6, 6.07) is 6.68. The molecule has 1 saturated heterocycles. The van der Waals surface area contributed by atoms with Gasteiger partial charge in [0.25, 0.3) is 0 Å². The molecule has 10 heteroatoms. The summed E-state index contributed by atoms with van der Waals surface area (Å²) >= 11 is 0. The van der Waals surface area contributed by atoms with E-state index in [9.17, 15) is 13.9 Å². The van der Waals surface area contributed by atoms with Crippen LogP contribution in [0, 0.1) is 18.6 Å². The predicted octanol–water partition coefficient (Wildman–Crippen LogP) is 4.76. The maximum Gasteiger partial charge on any atom is 0.229 e. The number of nitrogens with one attached hydrogen (secondary N) is 1. The number of pyridine rings is 1. The number of imidazole rings is 1. The highest BCUT2D eigenvalue weighted by molar-refractivity contribution is 5.83. The Hall–Kier alpha value is -3.66. The average Bonchev–Trinajstić information content (AvgIpc) is 3.17. The number of hydrogen-bond donors (Lipinski definition) is 2. The quantitative estimate of drug-likeness (QED) is 0.426. The highest BCUT2D eigenvalue weighted by Gasteiger charge is 2.20. The molecule has 2 N–H and O–H groups in total. The molecule has 0 radical (unpaired) electrons. The zero-order valence-corrected chi connectivity index (χ0v) is 19.8. The number of fused-ring (bicyclic) bond motifs is 1. The van der Waals surface area contributed by atoms with E-state index in [0.29, 0.717) is 29.3 Å². The molecule has 35 heavy (non-hydrogen) atoms. The van der Waals surface area contributed by atoms with Gasteiger partial charge >= 0.3 is 0 Å². The van der Waals surface area contributed by atoms with E-state index in [4.69, 9.17) is 0 Å². The fraction of sp³-hybridized carbons (Fsp3) is 0.360. The molecule has 0 spiro atoms. The average molecular weight is 480 g/mol. The summed E-state index contributed by atoms with van der Waals surface area (Å²) in [6.07, 6.45) is 4.17. The Bertz CT molecular complexity index is 1370. The van der Waals surface area contributed by atoms with Gasteiger partial charge in [0.2, 0.25) is 5.95 Å².